The number of nitrogens with zero attached hydrogens (tertiary/aromatic N) is 5. The van der Waals surface area contributed by atoms with Crippen LogP contribution < -0.4 is 10.1 Å². The molecule has 8 nitrogen and oxygen atoms in total. The Labute approximate surface area is 156 Å². The summed E-state index contributed by atoms with van der Waals surface area (Å²) in [5, 5.41) is 7.60. The highest BCUT2D eigenvalue weighted by atomic mass is 35.5. The fraction of sp³-hybridized carbons (Fsp3) is 0.294. The number of ether oxygens (including phenoxy) is 2. The topological polar surface area (TPSA) is 87.0 Å². The van der Waals surface area contributed by atoms with Crippen LogP contribution in [0.15, 0.2) is 36.9 Å². The Bertz CT molecular complexity index is 868. The summed E-state index contributed by atoms with van der Waals surface area (Å²) in [7, 11) is 3.46. The molecule has 3 rings (SSSR count). The number of hydrogen-bond donors (Lipinski definition) is 1. The van der Waals surface area contributed by atoms with Gasteiger partial charge in [0.2, 0.25) is 11.8 Å². The molecular weight excluding hydrogens is 356 g/mol. The molecule has 9 heteroatoms. The van der Waals surface area contributed by atoms with Gasteiger partial charge in [0.05, 0.1) is 24.2 Å². The minimum absolute atomic E-state index is 0.164. The zero-order valence-electron chi connectivity index (χ0n) is 14.7. The summed E-state index contributed by atoms with van der Waals surface area (Å²) in [4.78, 5) is 13.1. The Hall–Kier alpha value is -2.71. The number of pyridine rings is 1. The number of hydrogen-bond acceptors (Lipinski definition) is 7. The first-order valence-electron chi connectivity index (χ1n) is 7.95. The molecule has 0 amide bonds. The van der Waals surface area contributed by atoms with Crippen molar-refractivity contribution in [3.63, 3.8) is 0 Å². The number of nitrogens with one attached hydrogen (secondary N) is 1. The third-order valence-corrected chi connectivity index (χ3v) is 3.72. The summed E-state index contributed by atoms with van der Waals surface area (Å²) in [5.41, 5.74) is 2.23. The molecular formula is C17H19ClN6O2. The van der Waals surface area contributed by atoms with Gasteiger partial charge in [-0.15, -0.1) is 0 Å². The zero-order valence-corrected chi connectivity index (χ0v) is 15.4. The van der Waals surface area contributed by atoms with Crippen LogP contribution >= 0.6 is 11.6 Å². The van der Waals surface area contributed by atoms with E-state index in [-0.39, 0.29) is 6.10 Å². The fourth-order valence-corrected chi connectivity index (χ4v) is 2.42. The lowest BCUT2D eigenvalue weighted by Crippen LogP contribution is -2.18. The third-order valence-electron chi connectivity index (χ3n) is 3.44. The van der Waals surface area contributed by atoms with E-state index in [0.717, 1.165) is 11.3 Å². The maximum absolute atomic E-state index is 6.17. The molecule has 3 aromatic rings. The number of rotatable bonds is 7. The highest BCUT2D eigenvalue weighted by Crippen LogP contribution is 2.27. The molecule has 1 N–H and O–H groups in total. The van der Waals surface area contributed by atoms with Gasteiger partial charge >= 0.3 is 0 Å². The second kappa shape index (κ2) is 8.11. The summed E-state index contributed by atoms with van der Waals surface area (Å²) in [5.74, 6) is 0.826. The molecule has 0 bridgehead atoms. The first-order valence-corrected chi connectivity index (χ1v) is 8.33. The summed E-state index contributed by atoms with van der Waals surface area (Å²) >= 11 is 6.17. The van der Waals surface area contributed by atoms with Gasteiger partial charge in [0.25, 0.3) is 0 Å². The average Bonchev–Trinajstić information content (AvgIpc) is 3.03. The van der Waals surface area contributed by atoms with Gasteiger partial charge in [0, 0.05) is 38.3 Å². The van der Waals surface area contributed by atoms with E-state index < -0.39 is 0 Å². The quantitative estimate of drug-likeness (QED) is 0.679. The molecule has 0 saturated carbocycles. The molecule has 0 fully saturated rings. The molecule has 3 aromatic heterocycles. The second-order valence-electron chi connectivity index (χ2n) is 5.69. The number of aromatic nitrogens is 5. The highest BCUT2D eigenvalue weighted by Gasteiger charge is 2.12. The van der Waals surface area contributed by atoms with E-state index >= 15 is 0 Å². The van der Waals surface area contributed by atoms with Crippen molar-refractivity contribution in [1.29, 1.82) is 0 Å². The van der Waals surface area contributed by atoms with Crippen LogP contribution in [0.5, 0.6) is 5.88 Å². The minimum Gasteiger partial charge on any atom is -0.471 e. The molecule has 0 aromatic carbocycles. The average molecular weight is 375 g/mol. The molecule has 0 saturated heterocycles. The predicted molar refractivity (Wildman–Crippen MR) is 98.7 cm³/mol. The van der Waals surface area contributed by atoms with E-state index in [1.807, 2.05) is 20.2 Å². The summed E-state index contributed by atoms with van der Waals surface area (Å²) in [6, 6.07) is 3.53. The first kappa shape index (κ1) is 18.1. The molecule has 1 atom stereocenters. The van der Waals surface area contributed by atoms with Gasteiger partial charge in [0.15, 0.2) is 0 Å². The molecule has 0 spiro atoms. The number of anilines is 2. The van der Waals surface area contributed by atoms with Crippen molar-refractivity contribution >= 4 is 23.2 Å². The van der Waals surface area contributed by atoms with E-state index in [1.54, 1.807) is 42.5 Å². The van der Waals surface area contributed by atoms with Crippen molar-refractivity contribution < 1.29 is 9.47 Å². The predicted octanol–water partition coefficient (Wildman–Crippen LogP) is 3.08. The smallest absolute Gasteiger partial charge is 0.233 e. The van der Waals surface area contributed by atoms with Gasteiger partial charge in [-0.05, 0) is 19.1 Å². The van der Waals surface area contributed by atoms with Crippen LogP contribution in [0.2, 0.25) is 5.02 Å². The Balaban J connectivity index is 1.76. The van der Waals surface area contributed by atoms with Crippen molar-refractivity contribution in [2.24, 2.45) is 7.05 Å². The SMILES string of the molecule is COCC(C)Oc1nc(-c2cnc(Nc3cnn(C)c3)nc2)ccc1Cl. The normalized spacial score (nSPS) is 12.0. The van der Waals surface area contributed by atoms with E-state index in [9.17, 15) is 0 Å². The Kier molecular flexibility index (Phi) is 5.65. The van der Waals surface area contributed by atoms with E-state index in [2.05, 4.69) is 25.4 Å². The Morgan fingerprint density at radius 3 is 2.65 bits per heavy atom. The number of methoxy groups -OCH3 is 1. The van der Waals surface area contributed by atoms with E-state index in [0.29, 0.717) is 29.2 Å². The van der Waals surface area contributed by atoms with Crippen LogP contribution in [-0.2, 0) is 11.8 Å². The monoisotopic (exact) mass is 374 g/mol. The van der Waals surface area contributed by atoms with Crippen molar-refractivity contribution in [2.75, 3.05) is 19.0 Å². The van der Waals surface area contributed by atoms with Gasteiger partial charge in [0.1, 0.15) is 11.1 Å². The minimum atomic E-state index is -0.164. The summed E-state index contributed by atoms with van der Waals surface area (Å²) in [6.45, 7) is 2.33. The molecule has 0 aliphatic heterocycles. The van der Waals surface area contributed by atoms with Crippen LogP contribution in [0.3, 0.4) is 0 Å². The van der Waals surface area contributed by atoms with Crippen LogP contribution in [0.25, 0.3) is 11.3 Å². The molecule has 0 aliphatic rings. The molecule has 26 heavy (non-hydrogen) atoms. The second-order valence-corrected chi connectivity index (χ2v) is 6.10. The molecule has 3 heterocycles. The Morgan fingerprint density at radius 1 is 1.23 bits per heavy atom. The molecule has 0 aliphatic carbocycles. The molecule has 136 valence electrons. The van der Waals surface area contributed by atoms with Crippen molar-refractivity contribution in [2.45, 2.75) is 13.0 Å². The number of aryl methyl sites for hydroxylation is 1. The van der Waals surface area contributed by atoms with Gasteiger partial charge in [-0.2, -0.15) is 5.10 Å². The first-order chi connectivity index (χ1) is 12.5. The fourth-order valence-electron chi connectivity index (χ4n) is 2.27. The zero-order chi connectivity index (χ0) is 18.5. The largest absolute Gasteiger partial charge is 0.471 e. The van der Waals surface area contributed by atoms with Gasteiger partial charge < -0.3 is 14.8 Å². The maximum atomic E-state index is 6.17. The van der Waals surface area contributed by atoms with Crippen molar-refractivity contribution in [3.8, 4) is 17.1 Å². The van der Waals surface area contributed by atoms with Gasteiger partial charge in [-0.1, -0.05) is 11.6 Å². The van der Waals surface area contributed by atoms with Crippen LogP contribution in [0, 0.1) is 0 Å². The lowest BCUT2D eigenvalue weighted by atomic mass is 10.2. The summed E-state index contributed by atoms with van der Waals surface area (Å²) < 4.78 is 12.5. The third kappa shape index (κ3) is 4.47. The van der Waals surface area contributed by atoms with Crippen molar-refractivity contribution in [3.05, 3.63) is 41.9 Å². The van der Waals surface area contributed by atoms with E-state index in [4.69, 9.17) is 21.1 Å². The van der Waals surface area contributed by atoms with Crippen LogP contribution in [0.4, 0.5) is 11.6 Å². The van der Waals surface area contributed by atoms with Gasteiger partial charge in [-0.3, -0.25) is 4.68 Å². The number of halogens is 1. The van der Waals surface area contributed by atoms with Crippen LogP contribution in [0.1, 0.15) is 6.92 Å². The Morgan fingerprint density at radius 2 is 2.00 bits per heavy atom. The van der Waals surface area contributed by atoms with E-state index in [1.165, 1.54) is 0 Å². The standard InChI is InChI=1S/C17H19ClN6O2/c1-11(10-25-3)26-16-14(18)4-5-15(23-16)12-6-19-17(20-7-12)22-13-8-21-24(2)9-13/h4-9,11H,10H2,1-3H3,(H,19,20,22). The molecule has 0 radical (unpaired) electrons. The van der Waals surface area contributed by atoms with Gasteiger partial charge in [-0.25, -0.2) is 15.0 Å². The van der Waals surface area contributed by atoms with Crippen molar-refractivity contribution in [1.82, 2.24) is 24.7 Å². The lowest BCUT2D eigenvalue weighted by molar-refractivity contribution is 0.0891. The summed E-state index contributed by atoms with van der Waals surface area (Å²) in [6.07, 6.45) is 6.74. The highest BCUT2D eigenvalue weighted by molar-refractivity contribution is 6.31. The lowest BCUT2D eigenvalue weighted by Gasteiger charge is -2.14. The van der Waals surface area contributed by atoms with Crippen LogP contribution in [-0.4, -0.2) is 44.6 Å². The maximum Gasteiger partial charge on any atom is 0.233 e. The molecule has 1 unspecified atom stereocenters.